The molecule has 1 atom stereocenters. The molecule has 1 aliphatic heterocycles. The van der Waals surface area contributed by atoms with Crippen LogP contribution in [0.25, 0.3) is 0 Å². The molecule has 0 spiro atoms. The van der Waals surface area contributed by atoms with Crippen LogP contribution in [0.4, 0.5) is 8.78 Å². The molecule has 0 saturated heterocycles. The molecule has 1 fully saturated rings. The Kier molecular flexibility index (Phi) is 4.90. The maximum Gasteiger partial charge on any atom is 0.278 e. The van der Waals surface area contributed by atoms with E-state index in [0.29, 0.717) is 17.7 Å². The molecular formula is C19H27F2NO. The zero-order chi connectivity index (χ0) is 16.4. The molecule has 3 rings (SSSR count). The second-order valence-corrected chi connectivity index (χ2v) is 7.29. The Morgan fingerprint density at radius 1 is 1.22 bits per heavy atom. The van der Waals surface area contributed by atoms with Gasteiger partial charge in [0.2, 0.25) is 0 Å². The van der Waals surface area contributed by atoms with Gasteiger partial charge in [0.25, 0.3) is 5.92 Å². The van der Waals surface area contributed by atoms with Crippen molar-refractivity contribution in [2.75, 3.05) is 20.2 Å². The van der Waals surface area contributed by atoms with Crippen molar-refractivity contribution in [2.45, 2.75) is 57.4 Å². The van der Waals surface area contributed by atoms with Crippen molar-refractivity contribution < 1.29 is 13.5 Å². The molecule has 128 valence electrons. The van der Waals surface area contributed by atoms with Crippen LogP contribution >= 0.6 is 0 Å². The van der Waals surface area contributed by atoms with Crippen LogP contribution in [-0.2, 0) is 6.42 Å². The number of ether oxygens (including phenoxy) is 1. The van der Waals surface area contributed by atoms with Crippen LogP contribution in [0.2, 0.25) is 0 Å². The molecule has 0 aromatic heterocycles. The number of likely N-dealkylation sites (N-methyl/N-ethyl adjacent to an activating group) is 1. The van der Waals surface area contributed by atoms with E-state index in [4.69, 9.17) is 4.74 Å². The Morgan fingerprint density at radius 2 is 1.96 bits per heavy atom. The Morgan fingerprint density at radius 3 is 2.65 bits per heavy atom. The zero-order valence-corrected chi connectivity index (χ0v) is 14.2. The number of fused-ring (bicyclic) bond motifs is 1. The zero-order valence-electron chi connectivity index (χ0n) is 14.2. The molecule has 1 saturated carbocycles. The van der Waals surface area contributed by atoms with E-state index < -0.39 is 12.5 Å². The first-order valence-corrected chi connectivity index (χ1v) is 8.78. The fourth-order valence-electron chi connectivity index (χ4n) is 4.11. The van der Waals surface area contributed by atoms with Gasteiger partial charge in [-0.2, -0.15) is 0 Å². The van der Waals surface area contributed by atoms with Crippen molar-refractivity contribution in [3.05, 3.63) is 29.3 Å². The molecule has 23 heavy (non-hydrogen) atoms. The first-order valence-electron chi connectivity index (χ1n) is 8.78. The second-order valence-electron chi connectivity index (χ2n) is 7.29. The number of halogens is 2. The summed E-state index contributed by atoms with van der Waals surface area (Å²) in [7, 11) is 2.19. The van der Waals surface area contributed by atoms with Crippen molar-refractivity contribution in [3.63, 3.8) is 0 Å². The molecule has 0 bridgehead atoms. The monoisotopic (exact) mass is 323 g/mol. The summed E-state index contributed by atoms with van der Waals surface area (Å²) >= 11 is 0. The maximum absolute atomic E-state index is 13.0. The van der Waals surface area contributed by atoms with Crippen molar-refractivity contribution in [2.24, 2.45) is 5.92 Å². The summed E-state index contributed by atoms with van der Waals surface area (Å²) in [5.41, 5.74) is 2.65. The first-order chi connectivity index (χ1) is 10.9. The molecule has 2 nitrogen and oxygen atoms in total. The standard InChI is InChI=1S/C19H27F2NO/c1-19(20,21)13-23-16-9-8-14-10-11-22(2)18(17(14)12-16)15-6-4-3-5-7-15/h8-9,12,15,18H,3-7,10-11,13H2,1-2H3. The predicted molar refractivity (Wildman–Crippen MR) is 88.2 cm³/mol. The van der Waals surface area contributed by atoms with Gasteiger partial charge in [0.15, 0.2) is 6.61 Å². The fourth-order valence-corrected chi connectivity index (χ4v) is 4.11. The van der Waals surface area contributed by atoms with Gasteiger partial charge < -0.3 is 4.74 Å². The summed E-state index contributed by atoms with van der Waals surface area (Å²) in [4.78, 5) is 2.44. The van der Waals surface area contributed by atoms with E-state index >= 15 is 0 Å². The van der Waals surface area contributed by atoms with Gasteiger partial charge in [0.1, 0.15) is 5.75 Å². The molecule has 0 amide bonds. The Balaban J connectivity index is 1.83. The van der Waals surface area contributed by atoms with Gasteiger partial charge in [-0.1, -0.05) is 25.3 Å². The highest BCUT2D eigenvalue weighted by atomic mass is 19.3. The van der Waals surface area contributed by atoms with Gasteiger partial charge >= 0.3 is 0 Å². The van der Waals surface area contributed by atoms with Crippen molar-refractivity contribution >= 4 is 0 Å². The number of hydrogen-bond donors (Lipinski definition) is 0. The average molecular weight is 323 g/mol. The third-order valence-electron chi connectivity index (χ3n) is 5.23. The molecule has 0 radical (unpaired) electrons. The van der Waals surface area contributed by atoms with E-state index in [0.717, 1.165) is 19.9 Å². The van der Waals surface area contributed by atoms with Crippen LogP contribution in [0.3, 0.4) is 0 Å². The van der Waals surface area contributed by atoms with Gasteiger partial charge in [-0.3, -0.25) is 4.90 Å². The van der Waals surface area contributed by atoms with Gasteiger partial charge in [0.05, 0.1) is 0 Å². The average Bonchev–Trinajstić information content (AvgIpc) is 2.53. The van der Waals surface area contributed by atoms with Crippen molar-refractivity contribution in [3.8, 4) is 5.75 Å². The Labute approximate surface area is 137 Å². The van der Waals surface area contributed by atoms with Crippen LogP contribution in [0, 0.1) is 5.92 Å². The van der Waals surface area contributed by atoms with E-state index in [-0.39, 0.29) is 0 Å². The summed E-state index contributed by atoms with van der Waals surface area (Å²) in [5, 5.41) is 0. The molecule has 1 aromatic rings. The summed E-state index contributed by atoms with van der Waals surface area (Å²) in [6.45, 7) is 1.40. The lowest BCUT2D eigenvalue weighted by Crippen LogP contribution is -2.37. The minimum Gasteiger partial charge on any atom is -0.487 e. The van der Waals surface area contributed by atoms with E-state index in [1.54, 1.807) is 0 Å². The van der Waals surface area contributed by atoms with Crippen LogP contribution in [0.5, 0.6) is 5.75 Å². The third-order valence-corrected chi connectivity index (χ3v) is 5.23. The molecule has 2 aliphatic rings. The minimum absolute atomic E-state index is 0.407. The largest absolute Gasteiger partial charge is 0.487 e. The van der Waals surface area contributed by atoms with Crippen LogP contribution < -0.4 is 4.74 Å². The van der Waals surface area contributed by atoms with Gasteiger partial charge in [0, 0.05) is 19.5 Å². The maximum atomic E-state index is 13.0. The molecule has 1 aliphatic carbocycles. The number of nitrogens with zero attached hydrogens (tertiary/aromatic N) is 1. The molecule has 0 N–H and O–H groups in total. The summed E-state index contributed by atoms with van der Waals surface area (Å²) in [6, 6.07) is 6.33. The highest BCUT2D eigenvalue weighted by Gasteiger charge is 2.33. The highest BCUT2D eigenvalue weighted by Crippen LogP contribution is 2.42. The molecule has 1 unspecified atom stereocenters. The third kappa shape index (κ3) is 4.03. The smallest absolute Gasteiger partial charge is 0.278 e. The van der Waals surface area contributed by atoms with Gasteiger partial charge in [-0.05, 0) is 55.5 Å². The number of benzene rings is 1. The molecule has 1 heterocycles. The lowest BCUT2D eigenvalue weighted by atomic mass is 9.77. The highest BCUT2D eigenvalue weighted by molar-refractivity contribution is 5.40. The summed E-state index contributed by atoms with van der Waals surface area (Å²) < 4.78 is 31.4. The lowest BCUT2D eigenvalue weighted by molar-refractivity contribution is -0.0230. The fraction of sp³-hybridized carbons (Fsp3) is 0.684. The van der Waals surface area contributed by atoms with Crippen molar-refractivity contribution in [1.29, 1.82) is 0 Å². The van der Waals surface area contributed by atoms with Gasteiger partial charge in [-0.15, -0.1) is 0 Å². The number of rotatable bonds is 4. The van der Waals surface area contributed by atoms with Crippen LogP contribution in [0.15, 0.2) is 18.2 Å². The summed E-state index contributed by atoms with van der Waals surface area (Å²) in [6.07, 6.45) is 7.53. The van der Waals surface area contributed by atoms with Gasteiger partial charge in [-0.25, -0.2) is 8.78 Å². The van der Waals surface area contributed by atoms with E-state index in [1.165, 1.54) is 43.2 Å². The van der Waals surface area contributed by atoms with E-state index in [2.05, 4.69) is 18.0 Å². The van der Waals surface area contributed by atoms with Crippen LogP contribution in [-0.4, -0.2) is 31.0 Å². The number of alkyl halides is 2. The molecular weight excluding hydrogens is 296 g/mol. The normalized spacial score (nSPS) is 23.6. The minimum atomic E-state index is -2.80. The Bertz CT molecular complexity index is 535. The Hall–Kier alpha value is -1.16. The lowest BCUT2D eigenvalue weighted by Gasteiger charge is -2.41. The van der Waals surface area contributed by atoms with E-state index in [9.17, 15) is 8.78 Å². The van der Waals surface area contributed by atoms with Crippen molar-refractivity contribution in [1.82, 2.24) is 4.90 Å². The second kappa shape index (κ2) is 6.76. The molecule has 4 heteroatoms. The number of hydrogen-bond acceptors (Lipinski definition) is 2. The molecule has 1 aromatic carbocycles. The first kappa shape index (κ1) is 16.7. The quantitative estimate of drug-likeness (QED) is 0.787. The SMILES string of the molecule is CN1CCc2ccc(OCC(C)(F)F)cc2C1C1CCCCC1. The van der Waals surface area contributed by atoms with E-state index in [1.807, 2.05) is 12.1 Å². The predicted octanol–water partition coefficient (Wildman–Crippen LogP) is 4.83. The topological polar surface area (TPSA) is 12.5 Å². The van der Waals surface area contributed by atoms with Crippen LogP contribution in [0.1, 0.15) is 56.2 Å². The summed E-state index contributed by atoms with van der Waals surface area (Å²) in [5.74, 6) is -1.55.